The Labute approximate surface area is 154 Å². The summed E-state index contributed by atoms with van der Waals surface area (Å²) >= 11 is 0. The zero-order chi connectivity index (χ0) is 18.5. The minimum atomic E-state index is -0.345. The summed E-state index contributed by atoms with van der Waals surface area (Å²) in [5.74, 6) is 0.543. The molecule has 3 unspecified atom stereocenters. The van der Waals surface area contributed by atoms with Crippen molar-refractivity contribution in [2.75, 3.05) is 26.2 Å². The zero-order valence-electron chi connectivity index (χ0n) is 15.3. The number of carbonyl (C=O) groups excluding carboxylic acids is 1. The molecule has 1 aromatic carbocycles. The van der Waals surface area contributed by atoms with Crippen LogP contribution >= 0.6 is 0 Å². The molecule has 2 fully saturated rings. The topological polar surface area (TPSA) is 87.5 Å². The Morgan fingerprint density at radius 1 is 1.42 bits per heavy atom. The maximum absolute atomic E-state index is 12.2. The largest absolute Gasteiger partial charge is 0.354 e. The quantitative estimate of drug-likeness (QED) is 0.600. The average Bonchev–Trinajstić information content (AvgIpc) is 3.20. The van der Waals surface area contributed by atoms with Gasteiger partial charge in [0.25, 0.3) is 5.69 Å². The van der Waals surface area contributed by atoms with E-state index in [0.29, 0.717) is 12.5 Å². The van der Waals surface area contributed by atoms with Gasteiger partial charge in [-0.2, -0.15) is 0 Å². The van der Waals surface area contributed by atoms with Crippen LogP contribution in [0.25, 0.3) is 0 Å². The molecule has 2 N–H and O–H groups in total. The lowest BCUT2D eigenvalue weighted by atomic mass is 9.95. The second-order valence-electron chi connectivity index (χ2n) is 7.43. The molecular formula is C19H28N4O3. The fourth-order valence-electron chi connectivity index (χ4n) is 4.00. The summed E-state index contributed by atoms with van der Waals surface area (Å²) in [7, 11) is 0. The Hall–Kier alpha value is -1.99. The molecule has 0 saturated carbocycles. The molecule has 1 aromatic rings. The third-order valence-electron chi connectivity index (χ3n) is 5.60. The zero-order valence-corrected chi connectivity index (χ0v) is 15.3. The summed E-state index contributed by atoms with van der Waals surface area (Å²) in [6.45, 7) is 5.62. The molecule has 2 aliphatic rings. The number of amides is 1. The second kappa shape index (κ2) is 8.60. The van der Waals surface area contributed by atoms with Gasteiger partial charge in [0.15, 0.2) is 0 Å². The van der Waals surface area contributed by atoms with Crippen molar-refractivity contribution in [2.24, 2.45) is 5.92 Å². The van der Waals surface area contributed by atoms with Gasteiger partial charge in [-0.15, -0.1) is 0 Å². The van der Waals surface area contributed by atoms with Crippen molar-refractivity contribution in [1.29, 1.82) is 0 Å². The average molecular weight is 360 g/mol. The first-order valence-electron chi connectivity index (χ1n) is 9.54. The number of nitro groups is 1. The Balaban J connectivity index is 1.54. The van der Waals surface area contributed by atoms with E-state index in [-0.39, 0.29) is 28.6 Å². The van der Waals surface area contributed by atoms with Gasteiger partial charge >= 0.3 is 0 Å². The van der Waals surface area contributed by atoms with Crippen molar-refractivity contribution in [1.82, 2.24) is 15.5 Å². The maximum Gasteiger partial charge on any atom is 0.269 e. The molecule has 7 heteroatoms. The van der Waals surface area contributed by atoms with Gasteiger partial charge in [-0.05, 0) is 57.2 Å². The predicted octanol–water partition coefficient (Wildman–Crippen LogP) is 2.24. The fraction of sp³-hybridized carbons (Fsp3) is 0.632. The number of hydrogen-bond acceptors (Lipinski definition) is 5. The van der Waals surface area contributed by atoms with Gasteiger partial charge in [0, 0.05) is 31.3 Å². The predicted molar refractivity (Wildman–Crippen MR) is 99.8 cm³/mol. The van der Waals surface area contributed by atoms with Crippen LogP contribution in [0.2, 0.25) is 0 Å². The van der Waals surface area contributed by atoms with Crippen LogP contribution in [0.3, 0.4) is 0 Å². The van der Waals surface area contributed by atoms with Gasteiger partial charge in [0.05, 0.1) is 11.0 Å². The van der Waals surface area contributed by atoms with Crippen molar-refractivity contribution >= 4 is 11.6 Å². The van der Waals surface area contributed by atoms with Gasteiger partial charge in [-0.3, -0.25) is 19.8 Å². The van der Waals surface area contributed by atoms with E-state index >= 15 is 0 Å². The SMILES string of the molecule is CC(c1cccc([N+](=O)[O-])c1)N1CCCC(CNC(=O)C2CCCN2)C1. The molecular weight excluding hydrogens is 332 g/mol. The molecule has 2 saturated heterocycles. The smallest absolute Gasteiger partial charge is 0.269 e. The first-order chi connectivity index (χ1) is 12.5. The number of nitrogens with zero attached hydrogens (tertiary/aromatic N) is 2. The Kier molecular flexibility index (Phi) is 6.21. The molecule has 142 valence electrons. The molecule has 26 heavy (non-hydrogen) atoms. The summed E-state index contributed by atoms with van der Waals surface area (Å²) in [5, 5.41) is 17.3. The van der Waals surface area contributed by atoms with E-state index in [1.807, 2.05) is 6.07 Å². The van der Waals surface area contributed by atoms with Crippen LogP contribution in [0, 0.1) is 16.0 Å². The van der Waals surface area contributed by atoms with Gasteiger partial charge in [0.2, 0.25) is 5.91 Å². The lowest BCUT2D eigenvalue weighted by Crippen LogP contribution is -2.45. The number of nitro benzene ring substituents is 1. The number of piperidine rings is 1. The second-order valence-corrected chi connectivity index (χ2v) is 7.43. The normalized spacial score (nSPS) is 25.0. The minimum absolute atomic E-state index is 0.0292. The van der Waals surface area contributed by atoms with Gasteiger partial charge < -0.3 is 10.6 Å². The van der Waals surface area contributed by atoms with Gasteiger partial charge in [0.1, 0.15) is 0 Å². The number of carbonyl (C=O) groups is 1. The van der Waals surface area contributed by atoms with Crippen LogP contribution in [0.4, 0.5) is 5.69 Å². The minimum Gasteiger partial charge on any atom is -0.354 e. The molecule has 0 radical (unpaired) electrons. The highest BCUT2D eigenvalue weighted by Crippen LogP contribution is 2.28. The molecule has 0 aromatic heterocycles. The third-order valence-corrected chi connectivity index (χ3v) is 5.60. The van der Waals surface area contributed by atoms with Crippen molar-refractivity contribution in [3.8, 4) is 0 Å². The molecule has 2 heterocycles. The number of nitrogens with one attached hydrogen (secondary N) is 2. The van der Waals surface area contributed by atoms with Crippen LogP contribution in [-0.4, -0.2) is 48.0 Å². The summed E-state index contributed by atoms with van der Waals surface area (Å²) < 4.78 is 0. The van der Waals surface area contributed by atoms with Crippen LogP contribution in [0.5, 0.6) is 0 Å². The first kappa shape index (κ1) is 18.8. The van der Waals surface area contributed by atoms with Crippen LogP contribution in [0.15, 0.2) is 24.3 Å². The number of benzene rings is 1. The summed E-state index contributed by atoms with van der Waals surface area (Å²) in [6, 6.07) is 7.00. The molecule has 7 nitrogen and oxygen atoms in total. The lowest BCUT2D eigenvalue weighted by Gasteiger charge is -2.37. The molecule has 3 rings (SSSR count). The fourth-order valence-corrected chi connectivity index (χ4v) is 4.00. The highest BCUT2D eigenvalue weighted by molar-refractivity contribution is 5.81. The Morgan fingerprint density at radius 3 is 3.00 bits per heavy atom. The van der Waals surface area contributed by atoms with Crippen molar-refractivity contribution < 1.29 is 9.72 Å². The van der Waals surface area contributed by atoms with Crippen LogP contribution in [-0.2, 0) is 4.79 Å². The molecule has 2 aliphatic heterocycles. The molecule has 1 amide bonds. The molecule has 0 bridgehead atoms. The standard InChI is InChI=1S/C19H28N4O3/c1-14(16-6-2-7-17(11-16)23(25)26)22-10-4-5-15(13-22)12-21-19(24)18-8-3-9-20-18/h2,6-7,11,14-15,18,20H,3-5,8-10,12-13H2,1H3,(H,21,24). The molecule has 3 atom stereocenters. The summed E-state index contributed by atoms with van der Waals surface area (Å²) in [5.41, 5.74) is 1.11. The Bertz CT molecular complexity index is 645. The number of rotatable bonds is 6. The van der Waals surface area contributed by atoms with Crippen molar-refractivity contribution in [3.63, 3.8) is 0 Å². The van der Waals surface area contributed by atoms with E-state index in [2.05, 4.69) is 22.5 Å². The summed E-state index contributed by atoms with van der Waals surface area (Å²) in [6.07, 6.45) is 4.18. The van der Waals surface area contributed by atoms with Crippen LogP contribution in [0.1, 0.15) is 44.2 Å². The van der Waals surface area contributed by atoms with E-state index in [1.165, 1.54) is 6.07 Å². The maximum atomic E-state index is 12.2. The number of non-ortho nitro benzene ring substituents is 1. The number of likely N-dealkylation sites (tertiary alicyclic amines) is 1. The van der Waals surface area contributed by atoms with E-state index in [9.17, 15) is 14.9 Å². The van der Waals surface area contributed by atoms with E-state index in [0.717, 1.165) is 50.9 Å². The van der Waals surface area contributed by atoms with E-state index in [1.54, 1.807) is 12.1 Å². The monoisotopic (exact) mass is 360 g/mol. The highest BCUT2D eigenvalue weighted by Gasteiger charge is 2.27. The van der Waals surface area contributed by atoms with Gasteiger partial charge in [-0.1, -0.05) is 12.1 Å². The third kappa shape index (κ3) is 4.59. The van der Waals surface area contributed by atoms with E-state index in [4.69, 9.17) is 0 Å². The van der Waals surface area contributed by atoms with Crippen LogP contribution < -0.4 is 10.6 Å². The lowest BCUT2D eigenvalue weighted by molar-refractivity contribution is -0.385. The van der Waals surface area contributed by atoms with Gasteiger partial charge in [-0.25, -0.2) is 0 Å². The van der Waals surface area contributed by atoms with Crippen molar-refractivity contribution in [2.45, 2.75) is 44.7 Å². The summed E-state index contributed by atoms with van der Waals surface area (Å²) in [4.78, 5) is 25.2. The molecule has 0 spiro atoms. The Morgan fingerprint density at radius 2 is 2.27 bits per heavy atom. The number of hydrogen-bond donors (Lipinski definition) is 2. The van der Waals surface area contributed by atoms with E-state index < -0.39 is 0 Å². The first-order valence-corrected chi connectivity index (χ1v) is 9.54. The molecule has 0 aliphatic carbocycles. The van der Waals surface area contributed by atoms with Crippen molar-refractivity contribution in [3.05, 3.63) is 39.9 Å². The highest BCUT2D eigenvalue weighted by atomic mass is 16.6.